The minimum absolute atomic E-state index is 0.0152. The standard InChI is InChI=1S/C17H17ClF3NO3S/c18-15-5-1-11(9-14(15)17(19,20)21)2-6-16(23)22(12-3-4-12)13-7-8-26(24,25)10-13/h1-2,5-6,9,12-13H,3-4,7-8,10H2. The van der Waals surface area contributed by atoms with Crippen molar-refractivity contribution in [2.24, 2.45) is 0 Å². The van der Waals surface area contributed by atoms with E-state index in [1.54, 1.807) is 4.90 Å². The fourth-order valence-corrected chi connectivity index (χ4v) is 5.06. The van der Waals surface area contributed by atoms with E-state index in [9.17, 15) is 26.4 Å². The average molecular weight is 408 g/mol. The number of benzene rings is 1. The van der Waals surface area contributed by atoms with Crippen LogP contribution in [-0.4, -0.2) is 42.8 Å². The summed E-state index contributed by atoms with van der Waals surface area (Å²) >= 11 is 5.58. The quantitative estimate of drug-likeness (QED) is 0.717. The van der Waals surface area contributed by atoms with Crippen LogP contribution in [0.25, 0.3) is 6.08 Å². The molecule has 1 atom stereocenters. The molecule has 1 amide bonds. The molecule has 1 aromatic rings. The number of nitrogens with zero attached hydrogens (tertiary/aromatic N) is 1. The van der Waals surface area contributed by atoms with Gasteiger partial charge in [-0.15, -0.1) is 0 Å². The Kier molecular flexibility index (Phi) is 5.09. The number of amides is 1. The first-order valence-electron chi connectivity index (χ1n) is 8.14. The van der Waals surface area contributed by atoms with Crippen LogP contribution in [0, 0.1) is 0 Å². The zero-order valence-corrected chi connectivity index (χ0v) is 15.2. The summed E-state index contributed by atoms with van der Waals surface area (Å²) in [6.45, 7) is 0. The predicted molar refractivity (Wildman–Crippen MR) is 92.4 cm³/mol. The maximum atomic E-state index is 12.9. The molecule has 1 saturated carbocycles. The molecule has 1 unspecified atom stereocenters. The highest BCUT2D eigenvalue weighted by Gasteiger charge is 2.41. The van der Waals surface area contributed by atoms with Crippen molar-refractivity contribution in [3.05, 3.63) is 40.4 Å². The normalized spacial score (nSPS) is 22.7. The second-order valence-corrected chi connectivity index (χ2v) is 9.24. The highest BCUT2D eigenvalue weighted by Crippen LogP contribution is 2.36. The van der Waals surface area contributed by atoms with Gasteiger partial charge in [-0.1, -0.05) is 17.7 Å². The molecular weight excluding hydrogens is 391 g/mol. The van der Waals surface area contributed by atoms with Crippen LogP contribution in [0.5, 0.6) is 0 Å². The number of halogens is 4. The zero-order chi connectivity index (χ0) is 19.1. The van der Waals surface area contributed by atoms with Crippen LogP contribution in [0.2, 0.25) is 5.02 Å². The van der Waals surface area contributed by atoms with Crippen LogP contribution in [0.15, 0.2) is 24.3 Å². The van der Waals surface area contributed by atoms with E-state index in [2.05, 4.69) is 0 Å². The van der Waals surface area contributed by atoms with Gasteiger partial charge < -0.3 is 4.90 Å². The molecule has 0 spiro atoms. The molecule has 0 radical (unpaired) electrons. The molecule has 1 aromatic carbocycles. The first-order chi connectivity index (χ1) is 12.1. The lowest BCUT2D eigenvalue weighted by Crippen LogP contribution is -2.41. The number of alkyl halides is 3. The van der Waals surface area contributed by atoms with E-state index in [0.29, 0.717) is 6.42 Å². The monoisotopic (exact) mass is 407 g/mol. The fourth-order valence-electron chi connectivity index (χ4n) is 3.12. The summed E-state index contributed by atoms with van der Waals surface area (Å²) in [6, 6.07) is 3.06. The van der Waals surface area contributed by atoms with Gasteiger partial charge in [0.25, 0.3) is 0 Å². The van der Waals surface area contributed by atoms with E-state index in [-0.39, 0.29) is 35.1 Å². The van der Waals surface area contributed by atoms with Crippen LogP contribution in [-0.2, 0) is 20.8 Å². The van der Waals surface area contributed by atoms with Gasteiger partial charge in [-0.05, 0) is 43.0 Å². The maximum Gasteiger partial charge on any atom is 0.417 e. The summed E-state index contributed by atoms with van der Waals surface area (Å²) < 4.78 is 62.1. The van der Waals surface area contributed by atoms with E-state index >= 15 is 0 Å². The minimum Gasteiger partial charge on any atom is -0.332 e. The number of rotatable bonds is 4. The summed E-state index contributed by atoms with van der Waals surface area (Å²) in [5, 5.41) is -0.406. The summed E-state index contributed by atoms with van der Waals surface area (Å²) in [5.41, 5.74) is -0.764. The smallest absolute Gasteiger partial charge is 0.332 e. The largest absolute Gasteiger partial charge is 0.417 e. The third-order valence-corrected chi connectivity index (χ3v) is 6.59. The van der Waals surface area contributed by atoms with Crippen LogP contribution in [0.1, 0.15) is 30.4 Å². The first-order valence-corrected chi connectivity index (χ1v) is 10.3. The van der Waals surface area contributed by atoms with Crippen molar-refractivity contribution in [1.82, 2.24) is 4.90 Å². The molecule has 4 nitrogen and oxygen atoms in total. The molecule has 1 saturated heterocycles. The molecule has 2 fully saturated rings. The number of carbonyl (C=O) groups is 1. The van der Waals surface area contributed by atoms with Crippen LogP contribution in [0.4, 0.5) is 13.2 Å². The second kappa shape index (κ2) is 6.88. The Bertz CT molecular complexity index is 847. The summed E-state index contributed by atoms with van der Waals surface area (Å²) in [7, 11) is -3.13. The summed E-state index contributed by atoms with van der Waals surface area (Å²) in [6.07, 6.45) is -0.0508. The fraction of sp³-hybridized carbons (Fsp3) is 0.471. The molecule has 0 bridgehead atoms. The molecule has 2 aliphatic rings. The second-order valence-electron chi connectivity index (χ2n) is 6.60. The topological polar surface area (TPSA) is 54.5 Å². The lowest BCUT2D eigenvalue weighted by Gasteiger charge is -2.27. The molecular formula is C17H17ClF3NO3S. The Morgan fingerprint density at radius 2 is 1.88 bits per heavy atom. The zero-order valence-electron chi connectivity index (χ0n) is 13.7. The lowest BCUT2D eigenvalue weighted by atomic mass is 10.1. The molecule has 0 N–H and O–H groups in total. The van der Waals surface area contributed by atoms with Gasteiger partial charge in [0, 0.05) is 18.2 Å². The van der Waals surface area contributed by atoms with E-state index in [0.717, 1.165) is 25.0 Å². The molecule has 1 heterocycles. The SMILES string of the molecule is O=C(C=Cc1ccc(Cl)c(C(F)(F)F)c1)N(C1CC1)C1CCS(=O)(=O)C1. The predicted octanol–water partition coefficient (Wildman–Crippen LogP) is 3.55. The minimum atomic E-state index is -4.58. The third kappa shape index (κ3) is 4.40. The van der Waals surface area contributed by atoms with Crippen LogP contribution >= 0.6 is 11.6 Å². The van der Waals surface area contributed by atoms with Crippen molar-refractivity contribution >= 4 is 33.4 Å². The molecule has 1 aliphatic heterocycles. The van der Waals surface area contributed by atoms with Crippen LogP contribution in [0.3, 0.4) is 0 Å². The van der Waals surface area contributed by atoms with E-state index in [1.165, 1.54) is 18.2 Å². The Morgan fingerprint density at radius 1 is 1.19 bits per heavy atom. The van der Waals surface area contributed by atoms with Gasteiger partial charge in [0.05, 0.1) is 22.1 Å². The molecule has 26 heavy (non-hydrogen) atoms. The van der Waals surface area contributed by atoms with E-state index in [4.69, 9.17) is 11.6 Å². The molecule has 142 valence electrons. The van der Waals surface area contributed by atoms with Gasteiger partial charge in [-0.2, -0.15) is 13.2 Å². The lowest BCUT2D eigenvalue weighted by molar-refractivity contribution is -0.137. The summed E-state index contributed by atoms with van der Waals surface area (Å²) in [4.78, 5) is 14.1. The highest BCUT2D eigenvalue weighted by molar-refractivity contribution is 7.91. The van der Waals surface area contributed by atoms with E-state index < -0.39 is 26.6 Å². The van der Waals surface area contributed by atoms with Crippen molar-refractivity contribution in [3.8, 4) is 0 Å². The van der Waals surface area contributed by atoms with Gasteiger partial charge in [-0.3, -0.25) is 4.79 Å². The number of sulfone groups is 1. The third-order valence-electron chi connectivity index (χ3n) is 4.51. The van der Waals surface area contributed by atoms with Crippen LogP contribution < -0.4 is 0 Å². The highest BCUT2D eigenvalue weighted by atomic mass is 35.5. The van der Waals surface area contributed by atoms with Crippen molar-refractivity contribution in [3.63, 3.8) is 0 Å². The van der Waals surface area contributed by atoms with Crippen molar-refractivity contribution in [1.29, 1.82) is 0 Å². The van der Waals surface area contributed by atoms with E-state index in [1.807, 2.05) is 0 Å². The van der Waals surface area contributed by atoms with Crippen molar-refractivity contribution in [2.75, 3.05) is 11.5 Å². The number of carbonyl (C=O) groups excluding carboxylic acids is 1. The number of hydrogen-bond acceptors (Lipinski definition) is 3. The molecule has 1 aliphatic carbocycles. The van der Waals surface area contributed by atoms with Crippen molar-refractivity contribution < 1.29 is 26.4 Å². The van der Waals surface area contributed by atoms with Crippen molar-refractivity contribution in [2.45, 2.75) is 37.5 Å². The Balaban J connectivity index is 1.78. The summed E-state index contributed by atoms with van der Waals surface area (Å²) in [5.74, 6) is -0.371. The first kappa shape index (κ1) is 19.2. The Labute approximate surface area is 154 Å². The number of hydrogen-bond donors (Lipinski definition) is 0. The Morgan fingerprint density at radius 3 is 2.42 bits per heavy atom. The molecule has 3 rings (SSSR count). The van der Waals surface area contributed by atoms with Gasteiger partial charge in [0.15, 0.2) is 9.84 Å². The van der Waals surface area contributed by atoms with Gasteiger partial charge >= 0.3 is 6.18 Å². The molecule has 9 heteroatoms. The van der Waals surface area contributed by atoms with Gasteiger partial charge in [0.1, 0.15) is 0 Å². The van der Waals surface area contributed by atoms with Gasteiger partial charge in [0.2, 0.25) is 5.91 Å². The Hall–Kier alpha value is -1.54. The average Bonchev–Trinajstić information content (AvgIpc) is 3.29. The molecule has 0 aromatic heterocycles. The van der Waals surface area contributed by atoms with Gasteiger partial charge in [-0.25, -0.2) is 8.42 Å². The maximum absolute atomic E-state index is 12.9.